The summed E-state index contributed by atoms with van der Waals surface area (Å²) in [5.41, 5.74) is -0.117. The third-order valence-electron chi connectivity index (χ3n) is 4.71. The van der Waals surface area contributed by atoms with Crippen LogP contribution in [0.4, 0.5) is 5.82 Å². The summed E-state index contributed by atoms with van der Waals surface area (Å²) in [4.78, 5) is 25.0. The molecule has 1 aliphatic heterocycles. The van der Waals surface area contributed by atoms with Crippen molar-refractivity contribution in [3.05, 3.63) is 34.5 Å². The van der Waals surface area contributed by atoms with Gasteiger partial charge in [-0.3, -0.25) is 9.69 Å². The number of likely N-dealkylation sites (N-methyl/N-ethyl adjacent to an activating group) is 1. The zero-order valence-electron chi connectivity index (χ0n) is 15.8. The SMILES string of the molecule is CCc1noc([C@H](C)N2CCO[C@H](CN(C)c3nccn(C)c3=O)C2)n1. The second kappa shape index (κ2) is 7.96. The Hall–Kier alpha value is -2.26. The van der Waals surface area contributed by atoms with Crippen molar-refractivity contribution in [1.82, 2.24) is 24.6 Å². The molecule has 0 N–H and O–H groups in total. The van der Waals surface area contributed by atoms with Crippen LogP contribution >= 0.6 is 0 Å². The average Bonchev–Trinajstić information content (AvgIpc) is 3.12. The van der Waals surface area contributed by atoms with Crippen molar-refractivity contribution in [1.29, 1.82) is 0 Å². The molecule has 142 valence electrons. The molecule has 0 bridgehead atoms. The molecule has 2 aromatic heterocycles. The van der Waals surface area contributed by atoms with Gasteiger partial charge < -0.3 is 18.7 Å². The van der Waals surface area contributed by atoms with E-state index < -0.39 is 0 Å². The van der Waals surface area contributed by atoms with Gasteiger partial charge in [0.15, 0.2) is 11.6 Å². The summed E-state index contributed by atoms with van der Waals surface area (Å²) in [7, 11) is 3.58. The van der Waals surface area contributed by atoms with Crippen molar-refractivity contribution in [3.8, 4) is 0 Å². The number of morpholine rings is 1. The monoisotopic (exact) mass is 362 g/mol. The van der Waals surface area contributed by atoms with E-state index in [1.54, 1.807) is 19.4 Å². The highest BCUT2D eigenvalue weighted by Crippen LogP contribution is 2.22. The lowest BCUT2D eigenvalue weighted by atomic mass is 10.2. The van der Waals surface area contributed by atoms with Gasteiger partial charge in [0.1, 0.15) is 0 Å². The summed E-state index contributed by atoms with van der Waals surface area (Å²) in [5.74, 6) is 1.78. The number of aryl methyl sites for hydroxylation is 2. The van der Waals surface area contributed by atoms with Gasteiger partial charge >= 0.3 is 0 Å². The predicted octanol–water partition coefficient (Wildman–Crippen LogP) is 0.624. The largest absolute Gasteiger partial charge is 0.374 e. The Bertz CT molecular complexity index is 789. The molecule has 0 aromatic carbocycles. The molecule has 0 aliphatic carbocycles. The van der Waals surface area contributed by atoms with E-state index in [1.807, 2.05) is 18.9 Å². The number of hydrogen-bond donors (Lipinski definition) is 0. The Morgan fingerprint density at radius 3 is 3.00 bits per heavy atom. The third-order valence-corrected chi connectivity index (χ3v) is 4.71. The van der Waals surface area contributed by atoms with Gasteiger partial charge in [-0.25, -0.2) is 4.98 Å². The van der Waals surface area contributed by atoms with Crippen LogP contribution in [-0.4, -0.2) is 64.0 Å². The van der Waals surface area contributed by atoms with Crippen molar-refractivity contribution in [2.24, 2.45) is 7.05 Å². The molecule has 0 saturated carbocycles. The number of aromatic nitrogens is 4. The molecule has 1 aliphatic rings. The maximum atomic E-state index is 12.2. The van der Waals surface area contributed by atoms with Gasteiger partial charge in [-0.1, -0.05) is 12.1 Å². The van der Waals surface area contributed by atoms with Crippen LogP contribution < -0.4 is 10.5 Å². The van der Waals surface area contributed by atoms with E-state index in [2.05, 4.69) is 26.9 Å². The molecule has 2 aromatic rings. The van der Waals surface area contributed by atoms with Gasteiger partial charge in [-0.05, 0) is 6.92 Å². The minimum atomic E-state index is -0.117. The summed E-state index contributed by atoms with van der Waals surface area (Å²) in [6.45, 7) is 6.80. The summed E-state index contributed by atoms with van der Waals surface area (Å²) >= 11 is 0. The molecule has 1 saturated heterocycles. The molecule has 0 radical (unpaired) electrons. The number of ether oxygens (including phenoxy) is 1. The second-order valence-electron chi connectivity index (χ2n) is 6.61. The van der Waals surface area contributed by atoms with Gasteiger partial charge in [-0.15, -0.1) is 0 Å². The highest BCUT2D eigenvalue weighted by atomic mass is 16.5. The Morgan fingerprint density at radius 2 is 2.27 bits per heavy atom. The maximum Gasteiger partial charge on any atom is 0.293 e. The van der Waals surface area contributed by atoms with E-state index in [1.165, 1.54) is 4.57 Å². The van der Waals surface area contributed by atoms with Gasteiger partial charge in [0.25, 0.3) is 5.56 Å². The first-order valence-corrected chi connectivity index (χ1v) is 8.90. The highest BCUT2D eigenvalue weighted by Gasteiger charge is 2.29. The van der Waals surface area contributed by atoms with Crippen molar-refractivity contribution in [3.63, 3.8) is 0 Å². The van der Waals surface area contributed by atoms with Crippen LogP contribution in [0, 0.1) is 0 Å². The van der Waals surface area contributed by atoms with E-state index in [-0.39, 0.29) is 17.7 Å². The Kier molecular flexibility index (Phi) is 5.67. The lowest BCUT2D eigenvalue weighted by Crippen LogP contribution is -2.48. The van der Waals surface area contributed by atoms with Crippen LogP contribution in [0.15, 0.2) is 21.7 Å². The zero-order chi connectivity index (χ0) is 18.7. The molecule has 9 heteroatoms. The molecule has 0 amide bonds. The topological polar surface area (TPSA) is 89.5 Å². The number of hydrogen-bond acceptors (Lipinski definition) is 8. The first kappa shape index (κ1) is 18.5. The minimum absolute atomic E-state index is 0.0298. The van der Waals surface area contributed by atoms with Crippen molar-refractivity contribution >= 4 is 5.82 Å². The quantitative estimate of drug-likeness (QED) is 0.739. The molecule has 0 unspecified atom stereocenters. The molecule has 9 nitrogen and oxygen atoms in total. The number of nitrogens with zero attached hydrogens (tertiary/aromatic N) is 6. The van der Waals surface area contributed by atoms with Crippen LogP contribution in [0.3, 0.4) is 0 Å². The molecule has 3 heterocycles. The summed E-state index contributed by atoms with van der Waals surface area (Å²) in [6, 6.07) is 0.0298. The number of rotatable bonds is 6. The summed E-state index contributed by atoms with van der Waals surface area (Å²) in [5, 5.41) is 3.98. The second-order valence-corrected chi connectivity index (χ2v) is 6.61. The van der Waals surface area contributed by atoms with E-state index in [0.717, 1.165) is 25.3 Å². The van der Waals surface area contributed by atoms with E-state index in [9.17, 15) is 4.79 Å². The smallest absolute Gasteiger partial charge is 0.293 e. The lowest BCUT2D eigenvalue weighted by molar-refractivity contribution is -0.0408. The fraction of sp³-hybridized carbons (Fsp3) is 0.647. The first-order valence-electron chi connectivity index (χ1n) is 8.90. The minimum Gasteiger partial charge on any atom is -0.374 e. The van der Waals surface area contributed by atoms with E-state index in [0.29, 0.717) is 24.9 Å². The van der Waals surface area contributed by atoms with Gasteiger partial charge in [0.2, 0.25) is 5.89 Å². The number of anilines is 1. The van der Waals surface area contributed by atoms with Crippen LogP contribution in [-0.2, 0) is 18.2 Å². The fourth-order valence-electron chi connectivity index (χ4n) is 3.08. The van der Waals surface area contributed by atoms with Crippen molar-refractivity contribution in [2.45, 2.75) is 32.4 Å². The standard InChI is InChI=1S/C17H26N6O3/c1-5-14-19-16(26-20-14)12(2)23-8-9-25-13(11-23)10-22(4)15-17(24)21(3)7-6-18-15/h6-7,12-13H,5,8-11H2,1-4H3/t12-,13+/m0/s1. The molecule has 3 rings (SSSR count). The van der Waals surface area contributed by atoms with Crippen molar-refractivity contribution < 1.29 is 9.26 Å². The average molecular weight is 362 g/mol. The van der Waals surface area contributed by atoms with Crippen LogP contribution in [0.2, 0.25) is 0 Å². The van der Waals surface area contributed by atoms with Crippen LogP contribution in [0.5, 0.6) is 0 Å². The molecule has 1 fully saturated rings. The summed E-state index contributed by atoms with van der Waals surface area (Å²) < 4.78 is 12.8. The first-order chi connectivity index (χ1) is 12.5. The van der Waals surface area contributed by atoms with Crippen molar-refractivity contribution in [2.75, 3.05) is 38.2 Å². The van der Waals surface area contributed by atoms with E-state index in [4.69, 9.17) is 9.26 Å². The van der Waals surface area contributed by atoms with Crippen LogP contribution in [0.1, 0.15) is 31.6 Å². The normalized spacial score (nSPS) is 19.5. The van der Waals surface area contributed by atoms with Gasteiger partial charge in [0, 0.05) is 52.5 Å². The van der Waals surface area contributed by atoms with E-state index >= 15 is 0 Å². The Labute approximate surface area is 152 Å². The lowest BCUT2D eigenvalue weighted by Gasteiger charge is -2.36. The molecular formula is C17H26N6O3. The molecule has 26 heavy (non-hydrogen) atoms. The Balaban J connectivity index is 1.64. The molecular weight excluding hydrogens is 336 g/mol. The Morgan fingerprint density at radius 1 is 1.46 bits per heavy atom. The zero-order valence-corrected chi connectivity index (χ0v) is 15.8. The molecule has 0 spiro atoms. The van der Waals surface area contributed by atoms with Gasteiger partial charge in [-0.2, -0.15) is 4.98 Å². The summed E-state index contributed by atoms with van der Waals surface area (Å²) in [6.07, 6.45) is 4.00. The van der Waals surface area contributed by atoms with Gasteiger partial charge in [0.05, 0.1) is 18.8 Å². The molecule has 2 atom stereocenters. The third kappa shape index (κ3) is 3.94. The fourth-order valence-corrected chi connectivity index (χ4v) is 3.08. The van der Waals surface area contributed by atoms with Crippen LogP contribution in [0.25, 0.3) is 0 Å². The highest BCUT2D eigenvalue weighted by molar-refractivity contribution is 5.34. The maximum absolute atomic E-state index is 12.2. The predicted molar refractivity (Wildman–Crippen MR) is 96.2 cm³/mol.